The van der Waals surface area contributed by atoms with Crippen LogP contribution in [0.1, 0.15) is 5.56 Å². The topological polar surface area (TPSA) is 68.1 Å². The Hall–Kier alpha value is -2.14. The number of halogens is 1. The third-order valence-electron chi connectivity index (χ3n) is 2.38. The molecule has 0 bridgehead atoms. The van der Waals surface area contributed by atoms with Crippen LogP contribution < -0.4 is 5.32 Å². The van der Waals surface area contributed by atoms with Crippen LogP contribution in [0, 0.1) is 10.1 Å². The molecule has 0 radical (unpaired) electrons. The van der Waals surface area contributed by atoms with Crippen molar-refractivity contribution in [1.29, 1.82) is 0 Å². The Balaban J connectivity index is 2.02. The minimum absolute atomic E-state index is 0.168. The van der Waals surface area contributed by atoms with Gasteiger partial charge in [-0.15, -0.1) is 0 Å². The molecule has 1 N–H and O–H groups in total. The highest BCUT2D eigenvalue weighted by atomic mass is 35.5. The van der Waals surface area contributed by atoms with Gasteiger partial charge < -0.3 is 15.4 Å². The first-order chi connectivity index (χ1) is 8.66. The Morgan fingerprint density at radius 1 is 1.28 bits per heavy atom. The molecule has 5 nitrogen and oxygen atoms in total. The van der Waals surface area contributed by atoms with Crippen molar-refractivity contribution < 1.29 is 4.92 Å². The fraction of sp³-hybridized carbons (Fsp3) is 0.0833. The van der Waals surface area contributed by atoms with E-state index < -0.39 is 4.92 Å². The molecule has 0 aliphatic rings. The molecular formula is C12H10ClN3O2. The molecule has 1 aromatic heterocycles. The molecule has 0 saturated heterocycles. The summed E-state index contributed by atoms with van der Waals surface area (Å²) in [5.41, 5.74) is 1.66. The summed E-state index contributed by atoms with van der Waals surface area (Å²) in [4.78, 5) is 13.6. The van der Waals surface area contributed by atoms with Crippen molar-refractivity contribution in [2.45, 2.75) is 6.54 Å². The van der Waals surface area contributed by atoms with Crippen LogP contribution in [0.25, 0.3) is 0 Å². The largest absolute Gasteiger partial charge is 0.378 e. The molecule has 6 heteroatoms. The van der Waals surface area contributed by atoms with E-state index in [-0.39, 0.29) is 5.82 Å². The number of nitrogens with zero attached hydrogens (tertiary/aromatic N) is 2. The van der Waals surface area contributed by atoms with Crippen molar-refractivity contribution in [3.63, 3.8) is 0 Å². The van der Waals surface area contributed by atoms with Crippen LogP contribution in [0.3, 0.4) is 0 Å². The number of hydrogen-bond donors (Lipinski definition) is 1. The fourth-order valence-corrected chi connectivity index (χ4v) is 1.64. The van der Waals surface area contributed by atoms with E-state index in [0.29, 0.717) is 17.3 Å². The zero-order valence-electron chi connectivity index (χ0n) is 9.34. The van der Waals surface area contributed by atoms with E-state index in [4.69, 9.17) is 11.6 Å². The van der Waals surface area contributed by atoms with Gasteiger partial charge in [0.25, 0.3) is 0 Å². The predicted octanol–water partition coefficient (Wildman–Crippen LogP) is 3.26. The van der Waals surface area contributed by atoms with Crippen molar-refractivity contribution in [1.82, 2.24) is 4.98 Å². The van der Waals surface area contributed by atoms with Gasteiger partial charge in [-0.3, -0.25) is 0 Å². The van der Waals surface area contributed by atoms with E-state index in [1.54, 1.807) is 6.07 Å². The first-order valence-electron chi connectivity index (χ1n) is 5.24. The van der Waals surface area contributed by atoms with E-state index in [9.17, 15) is 10.1 Å². The van der Waals surface area contributed by atoms with Gasteiger partial charge in [0.15, 0.2) is 6.20 Å². The maximum atomic E-state index is 10.4. The fourth-order valence-electron chi connectivity index (χ4n) is 1.44. The lowest BCUT2D eigenvalue weighted by molar-refractivity contribution is -0.389. The molecule has 0 aliphatic heterocycles. The lowest BCUT2D eigenvalue weighted by Gasteiger charge is -2.06. The van der Waals surface area contributed by atoms with Gasteiger partial charge in [-0.25, -0.2) is 0 Å². The molecule has 0 saturated carbocycles. The molecule has 1 heterocycles. The summed E-state index contributed by atoms with van der Waals surface area (Å²) in [7, 11) is 0. The Bertz CT molecular complexity index is 558. The van der Waals surface area contributed by atoms with Gasteiger partial charge >= 0.3 is 5.82 Å². The Morgan fingerprint density at radius 3 is 2.67 bits per heavy atom. The van der Waals surface area contributed by atoms with Crippen LogP contribution >= 0.6 is 11.6 Å². The molecule has 18 heavy (non-hydrogen) atoms. The molecule has 92 valence electrons. The summed E-state index contributed by atoms with van der Waals surface area (Å²) in [5, 5.41) is 14.2. The SMILES string of the molecule is O=[N+]([O-])c1ccc(NCc2ccccc2Cl)cn1. The Labute approximate surface area is 109 Å². The van der Waals surface area contributed by atoms with E-state index in [2.05, 4.69) is 10.3 Å². The molecule has 2 rings (SSSR count). The molecule has 0 unspecified atom stereocenters. The normalized spacial score (nSPS) is 10.1. The average molecular weight is 264 g/mol. The number of aromatic nitrogens is 1. The molecular weight excluding hydrogens is 254 g/mol. The first kappa shape index (κ1) is 12.3. The smallest absolute Gasteiger partial charge is 0.363 e. The quantitative estimate of drug-likeness (QED) is 0.679. The van der Waals surface area contributed by atoms with E-state index in [1.807, 2.05) is 24.3 Å². The summed E-state index contributed by atoms with van der Waals surface area (Å²) >= 11 is 6.01. The third kappa shape index (κ3) is 2.95. The van der Waals surface area contributed by atoms with Gasteiger partial charge in [-0.1, -0.05) is 29.8 Å². The van der Waals surface area contributed by atoms with Crippen molar-refractivity contribution >= 4 is 23.1 Å². The van der Waals surface area contributed by atoms with E-state index in [0.717, 1.165) is 5.56 Å². The van der Waals surface area contributed by atoms with Crippen LogP contribution in [0.4, 0.5) is 11.5 Å². The van der Waals surface area contributed by atoms with Gasteiger partial charge in [0.1, 0.15) is 0 Å². The monoisotopic (exact) mass is 263 g/mol. The number of hydrogen-bond acceptors (Lipinski definition) is 4. The van der Waals surface area contributed by atoms with Gasteiger partial charge in [-0.05, 0) is 27.6 Å². The molecule has 0 amide bonds. The van der Waals surface area contributed by atoms with Crippen molar-refractivity contribution in [2.24, 2.45) is 0 Å². The lowest BCUT2D eigenvalue weighted by Crippen LogP contribution is -2.01. The summed E-state index contributed by atoms with van der Waals surface area (Å²) in [6, 6.07) is 10.5. The minimum atomic E-state index is -0.530. The summed E-state index contributed by atoms with van der Waals surface area (Å²) in [6.45, 7) is 0.541. The lowest BCUT2D eigenvalue weighted by atomic mass is 10.2. The number of pyridine rings is 1. The number of anilines is 1. The minimum Gasteiger partial charge on any atom is -0.378 e. The number of rotatable bonds is 4. The van der Waals surface area contributed by atoms with Crippen molar-refractivity contribution in [3.8, 4) is 0 Å². The number of benzene rings is 1. The highest BCUT2D eigenvalue weighted by Crippen LogP contribution is 2.17. The van der Waals surface area contributed by atoms with Gasteiger partial charge in [0, 0.05) is 17.6 Å². The molecule has 0 aliphatic carbocycles. The van der Waals surface area contributed by atoms with Crippen LogP contribution in [0.15, 0.2) is 42.6 Å². The Kier molecular flexibility index (Phi) is 3.74. The summed E-state index contributed by atoms with van der Waals surface area (Å²) in [5.74, 6) is -0.168. The summed E-state index contributed by atoms with van der Waals surface area (Å²) < 4.78 is 0. The van der Waals surface area contributed by atoms with Gasteiger partial charge in [0.05, 0.1) is 5.69 Å². The van der Waals surface area contributed by atoms with Crippen LogP contribution in [-0.4, -0.2) is 9.91 Å². The maximum Gasteiger partial charge on any atom is 0.363 e. The van der Waals surface area contributed by atoms with Crippen molar-refractivity contribution in [3.05, 3.63) is 63.3 Å². The predicted molar refractivity (Wildman–Crippen MR) is 69.7 cm³/mol. The second-order valence-corrected chi connectivity index (χ2v) is 4.01. The second kappa shape index (κ2) is 5.46. The van der Waals surface area contributed by atoms with Crippen LogP contribution in [0.5, 0.6) is 0 Å². The van der Waals surface area contributed by atoms with Gasteiger partial charge in [0.2, 0.25) is 0 Å². The van der Waals surface area contributed by atoms with Crippen LogP contribution in [-0.2, 0) is 6.54 Å². The number of nitro groups is 1. The average Bonchev–Trinajstić information content (AvgIpc) is 2.38. The zero-order valence-corrected chi connectivity index (χ0v) is 10.1. The third-order valence-corrected chi connectivity index (χ3v) is 2.74. The number of nitrogens with one attached hydrogen (secondary N) is 1. The second-order valence-electron chi connectivity index (χ2n) is 3.61. The Morgan fingerprint density at radius 2 is 2.06 bits per heavy atom. The van der Waals surface area contributed by atoms with E-state index >= 15 is 0 Å². The highest BCUT2D eigenvalue weighted by molar-refractivity contribution is 6.31. The van der Waals surface area contributed by atoms with Crippen LogP contribution in [0.2, 0.25) is 5.02 Å². The maximum absolute atomic E-state index is 10.4. The first-order valence-corrected chi connectivity index (χ1v) is 5.62. The molecule has 0 atom stereocenters. The molecule has 1 aromatic carbocycles. The molecule has 0 spiro atoms. The molecule has 0 fully saturated rings. The highest BCUT2D eigenvalue weighted by Gasteiger charge is 2.06. The molecule has 2 aromatic rings. The van der Waals surface area contributed by atoms with Crippen molar-refractivity contribution in [2.75, 3.05) is 5.32 Å². The zero-order chi connectivity index (χ0) is 13.0. The van der Waals surface area contributed by atoms with E-state index in [1.165, 1.54) is 12.3 Å². The van der Waals surface area contributed by atoms with Gasteiger partial charge in [-0.2, -0.15) is 0 Å². The standard InChI is InChI=1S/C12H10ClN3O2/c13-11-4-2-1-3-9(11)7-14-10-5-6-12(15-8-10)16(17)18/h1-6,8,14H,7H2. The summed E-state index contributed by atoms with van der Waals surface area (Å²) in [6.07, 6.45) is 1.43.